The number of aryl methyl sites for hydroxylation is 1. The second kappa shape index (κ2) is 5.98. The van der Waals surface area contributed by atoms with Crippen molar-refractivity contribution in [2.45, 2.75) is 19.9 Å². The molecule has 0 radical (unpaired) electrons. The van der Waals surface area contributed by atoms with Crippen molar-refractivity contribution in [1.29, 1.82) is 0 Å². The summed E-state index contributed by atoms with van der Waals surface area (Å²) >= 11 is 0. The fraction of sp³-hybridized carbons (Fsp3) is 0.455. The fourth-order valence-corrected chi connectivity index (χ4v) is 1.35. The minimum Gasteiger partial charge on any atom is -0.467 e. The number of nitrogens with one attached hydrogen (secondary N) is 1. The van der Waals surface area contributed by atoms with Crippen LogP contribution in [0.4, 0.5) is 5.95 Å². The average molecular weight is 265 g/mol. The van der Waals surface area contributed by atoms with Crippen LogP contribution in [0.15, 0.2) is 10.6 Å². The van der Waals surface area contributed by atoms with Gasteiger partial charge in [0.1, 0.15) is 5.76 Å². The van der Waals surface area contributed by atoms with E-state index in [4.69, 9.17) is 13.9 Å². The highest BCUT2D eigenvalue weighted by molar-refractivity contribution is 5.27. The van der Waals surface area contributed by atoms with E-state index in [1.54, 1.807) is 6.20 Å². The monoisotopic (exact) mass is 265 g/mol. The van der Waals surface area contributed by atoms with E-state index >= 15 is 0 Å². The Kier molecular flexibility index (Phi) is 4.11. The van der Waals surface area contributed by atoms with Crippen LogP contribution in [0.1, 0.15) is 18.6 Å². The Morgan fingerprint density at radius 3 is 2.37 bits per heavy atom. The summed E-state index contributed by atoms with van der Waals surface area (Å²) in [5.74, 6) is 1.73. The SMILES string of the molecule is CCc1cnc(CNc2nc(OC)nc(OC)n2)o1. The Hall–Kier alpha value is -2.38. The van der Waals surface area contributed by atoms with E-state index in [2.05, 4.69) is 25.3 Å². The molecule has 0 atom stereocenters. The smallest absolute Gasteiger partial charge is 0.324 e. The zero-order valence-electron chi connectivity index (χ0n) is 11.0. The zero-order chi connectivity index (χ0) is 13.7. The Bertz CT molecular complexity index is 521. The number of aromatic nitrogens is 4. The van der Waals surface area contributed by atoms with Crippen LogP contribution in [0.5, 0.6) is 12.0 Å². The molecule has 102 valence electrons. The van der Waals surface area contributed by atoms with Gasteiger partial charge < -0.3 is 19.2 Å². The predicted octanol–water partition coefficient (Wildman–Crippen LogP) is 1.05. The molecule has 1 N–H and O–H groups in total. The summed E-state index contributed by atoms with van der Waals surface area (Å²) in [6.45, 7) is 2.37. The quantitative estimate of drug-likeness (QED) is 0.828. The molecule has 0 aliphatic rings. The first-order valence-corrected chi connectivity index (χ1v) is 5.76. The molecule has 0 saturated carbocycles. The standard InChI is InChI=1S/C11H15N5O3/c1-4-7-5-12-8(19-7)6-13-9-14-10(17-2)16-11(15-9)18-3/h5H,4,6H2,1-3H3,(H,13,14,15,16). The summed E-state index contributed by atoms with van der Waals surface area (Å²) in [5.41, 5.74) is 0. The molecule has 0 unspecified atom stereocenters. The maximum atomic E-state index is 5.46. The summed E-state index contributed by atoms with van der Waals surface area (Å²) in [6, 6.07) is 0.354. The lowest BCUT2D eigenvalue weighted by Crippen LogP contribution is -2.07. The Labute approximate surface area is 110 Å². The van der Waals surface area contributed by atoms with Gasteiger partial charge in [-0.3, -0.25) is 0 Å². The van der Waals surface area contributed by atoms with Crippen LogP contribution in [-0.2, 0) is 13.0 Å². The summed E-state index contributed by atoms with van der Waals surface area (Å²) in [5, 5.41) is 2.97. The average Bonchev–Trinajstić information content (AvgIpc) is 2.92. The van der Waals surface area contributed by atoms with Crippen molar-refractivity contribution in [3.8, 4) is 12.0 Å². The lowest BCUT2D eigenvalue weighted by atomic mass is 10.4. The van der Waals surface area contributed by atoms with Gasteiger partial charge >= 0.3 is 12.0 Å². The minimum atomic E-state index is 0.177. The molecule has 2 aromatic rings. The minimum absolute atomic E-state index is 0.177. The zero-order valence-corrected chi connectivity index (χ0v) is 11.0. The normalized spacial score (nSPS) is 10.3. The predicted molar refractivity (Wildman–Crippen MR) is 66.1 cm³/mol. The van der Waals surface area contributed by atoms with Gasteiger partial charge in [0.15, 0.2) is 0 Å². The Balaban J connectivity index is 2.05. The van der Waals surface area contributed by atoms with E-state index in [1.807, 2.05) is 6.92 Å². The molecule has 0 fully saturated rings. The molecule has 2 aromatic heterocycles. The molecular formula is C11H15N5O3. The topological polar surface area (TPSA) is 95.2 Å². The highest BCUT2D eigenvalue weighted by atomic mass is 16.5. The van der Waals surface area contributed by atoms with Crippen molar-refractivity contribution in [2.75, 3.05) is 19.5 Å². The lowest BCUT2D eigenvalue weighted by Gasteiger charge is -2.05. The van der Waals surface area contributed by atoms with Crippen molar-refractivity contribution < 1.29 is 13.9 Å². The summed E-state index contributed by atoms with van der Waals surface area (Å²) < 4.78 is 15.4. The van der Waals surface area contributed by atoms with Gasteiger partial charge in [-0.15, -0.1) is 4.98 Å². The van der Waals surface area contributed by atoms with Gasteiger partial charge in [-0.2, -0.15) is 9.97 Å². The van der Waals surface area contributed by atoms with Crippen LogP contribution in [-0.4, -0.2) is 34.2 Å². The fourth-order valence-electron chi connectivity index (χ4n) is 1.35. The van der Waals surface area contributed by atoms with Crippen LogP contribution in [0.25, 0.3) is 0 Å². The van der Waals surface area contributed by atoms with Crippen LogP contribution >= 0.6 is 0 Å². The van der Waals surface area contributed by atoms with Gasteiger partial charge in [-0.05, 0) is 0 Å². The molecule has 0 aliphatic heterocycles. The first kappa shape index (κ1) is 13.1. The molecule has 0 aromatic carbocycles. The molecule has 8 heteroatoms. The first-order chi connectivity index (χ1) is 9.25. The van der Waals surface area contributed by atoms with E-state index < -0.39 is 0 Å². The second-order valence-corrected chi connectivity index (χ2v) is 3.56. The number of oxazole rings is 1. The van der Waals surface area contributed by atoms with E-state index in [9.17, 15) is 0 Å². The van der Waals surface area contributed by atoms with Gasteiger partial charge in [0.2, 0.25) is 11.8 Å². The molecular weight excluding hydrogens is 250 g/mol. The van der Waals surface area contributed by atoms with Gasteiger partial charge in [0.25, 0.3) is 0 Å². The van der Waals surface area contributed by atoms with Crippen LogP contribution in [0, 0.1) is 0 Å². The number of methoxy groups -OCH3 is 2. The van der Waals surface area contributed by atoms with Crippen molar-refractivity contribution in [1.82, 2.24) is 19.9 Å². The molecule has 0 bridgehead atoms. The van der Waals surface area contributed by atoms with E-state index in [0.29, 0.717) is 18.4 Å². The number of hydrogen-bond acceptors (Lipinski definition) is 8. The van der Waals surface area contributed by atoms with Crippen LogP contribution in [0.3, 0.4) is 0 Å². The largest absolute Gasteiger partial charge is 0.467 e. The van der Waals surface area contributed by atoms with Gasteiger partial charge in [-0.25, -0.2) is 4.98 Å². The van der Waals surface area contributed by atoms with Gasteiger partial charge in [0, 0.05) is 6.42 Å². The third-order valence-electron chi connectivity index (χ3n) is 2.31. The number of anilines is 1. The molecule has 19 heavy (non-hydrogen) atoms. The van der Waals surface area contributed by atoms with Crippen LogP contribution < -0.4 is 14.8 Å². The second-order valence-electron chi connectivity index (χ2n) is 3.56. The maximum Gasteiger partial charge on any atom is 0.324 e. The first-order valence-electron chi connectivity index (χ1n) is 5.76. The maximum absolute atomic E-state index is 5.46. The van der Waals surface area contributed by atoms with E-state index in [1.165, 1.54) is 14.2 Å². The summed E-state index contributed by atoms with van der Waals surface area (Å²) in [6.07, 6.45) is 2.51. The van der Waals surface area contributed by atoms with Crippen molar-refractivity contribution in [3.63, 3.8) is 0 Å². The van der Waals surface area contributed by atoms with Crippen molar-refractivity contribution in [3.05, 3.63) is 17.8 Å². The molecule has 2 heterocycles. The third-order valence-corrected chi connectivity index (χ3v) is 2.31. The number of ether oxygens (including phenoxy) is 2. The number of nitrogens with zero attached hydrogens (tertiary/aromatic N) is 4. The summed E-state index contributed by atoms with van der Waals surface area (Å²) in [4.78, 5) is 16.1. The lowest BCUT2D eigenvalue weighted by molar-refractivity contribution is 0.341. The highest BCUT2D eigenvalue weighted by Crippen LogP contribution is 2.13. The number of rotatable bonds is 6. The van der Waals surface area contributed by atoms with Crippen LogP contribution in [0.2, 0.25) is 0 Å². The van der Waals surface area contributed by atoms with Crippen molar-refractivity contribution >= 4 is 5.95 Å². The third kappa shape index (κ3) is 3.30. The van der Waals surface area contributed by atoms with Gasteiger partial charge in [0.05, 0.1) is 27.0 Å². The van der Waals surface area contributed by atoms with E-state index in [-0.39, 0.29) is 12.0 Å². The molecule has 8 nitrogen and oxygen atoms in total. The van der Waals surface area contributed by atoms with Gasteiger partial charge in [-0.1, -0.05) is 6.92 Å². The van der Waals surface area contributed by atoms with Crippen molar-refractivity contribution in [2.24, 2.45) is 0 Å². The molecule has 0 spiro atoms. The Morgan fingerprint density at radius 1 is 1.16 bits per heavy atom. The Morgan fingerprint density at radius 2 is 1.84 bits per heavy atom. The molecule has 2 rings (SSSR count). The molecule has 0 amide bonds. The van der Waals surface area contributed by atoms with E-state index in [0.717, 1.165) is 12.2 Å². The summed E-state index contributed by atoms with van der Waals surface area (Å²) in [7, 11) is 2.94. The highest BCUT2D eigenvalue weighted by Gasteiger charge is 2.08. The number of hydrogen-bond donors (Lipinski definition) is 1. The molecule has 0 saturated heterocycles. The molecule has 0 aliphatic carbocycles.